The zero-order valence-electron chi connectivity index (χ0n) is 16.0. The molecule has 28 heavy (non-hydrogen) atoms. The van der Waals surface area contributed by atoms with Gasteiger partial charge in [-0.25, -0.2) is 5.43 Å². The monoisotopic (exact) mass is 396 g/mol. The summed E-state index contributed by atoms with van der Waals surface area (Å²) in [4.78, 5) is 12.5. The normalized spacial score (nSPS) is 25.9. The molecule has 1 N–H and O–H groups in total. The van der Waals surface area contributed by atoms with E-state index >= 15 is 0 Å². The first-order valence-corrected chi connectivity index (χ1v) is 10.2. The summed E-state index contributed by atoms with van der Waals surface area (Å²) in [6.45, 7) is 2.64. The fourth-order valence-corrected chi connectivity index (χ4v) is 4.74. The Kier molecular flexibility index (Phi) is 5.40. The average molecular weight is 397 g/mol. The Morgan fingerprint density at radius 3 is 2.93 bits per heavy atom. The number of hydrazone groups is 1. The van der Waals surface area contributed by atoms with E-state index < -0.39 is 0 Å². The number of carbonyl (C=O) groups is 1. The summed E-state index contributed by atoms with van der Waals surface area (Å²) in [5.74, 6) is 1.45. The van der Waals surface area contributed by atoms with Crippen molar-refractivity contribution in [2.45, 2.75) is 39.2 Å². The molecule has 5 heteroatoms. The molecule has 3 atom stereocenters. The zero-order valence-corrected chi connectivity index (χ0v) is 16.8. The molecule has 2 aromatic carbocycles. The van der Waals surface area contributed by atoms with Crippen LogP contribution in [-0.4, -0.2) is 12.1 Å². The summed E-state index contributed by atoms with van der Waals surface area (Å²) in [5, 5.41) is 4.86. The van der Waals surface area contributed by atoms with Crippen LogP contribution in [-0.2, 0) is 11.4 Å². The van der Waals surface area contributed by atoms with Gasteiger partial charge >= 0.3 is 0 Å². The molecule has 0 spiro atoms. The van der Waals surface area contributed by atoms with Crippen molar-refractivity contribution in [1.29, 1.82) is 0 Å². The van der Waals surface area contributed by atoms with Crippen LogP contribution in [0.2, 0.25) is 5.02 Å². The van der Waals surface area contributed by atoms with E-state index in [0.717, 1.165) is 23.3 Å². The lowest BCUT2D eigenvalue weighted by atomic mass is 9.90. The zero-order chi connectivity index (χ0) is 19.6. The van der Waals surface area contributed by atoms with E-state index in [9.17, 15) is 4.79 Å². The fourth-order valence-electron chi connectivity index (χ4n) is 4.55. The Morgan fingerprint density at radius 2 is 2.14 bits per heavy atom. The maximum atomic E-state index is 12.5. The number of rotatable bonds is 6. The molecule has 2 fully saturated rings. The van der Waals surface area contributed by atoms with E-state index in [0.29, 0.717) is 17.5 Å². The second-order valence-corrected chi connectivity index (χ2v) is 8.43. The van der Waals surface area contributed by atoms with Crippen molar-refractivity contribution in [3.8, 4) is 5.75 Å². The average Bonchev–Trinajstić information content (AvgIpc) is 3.33. The van der Waals surface area contributed by atoms with E-state index in [4.69, 9.17) is 16.3 Å². The van der Waals surface area contributed by atoms with E-state index in [1.54, 1.807) is 6.21 Å². The lowest BCUT2D eigenvalue weighted by molar-refractivity contribution is -0.123. The molecular weight excluding hydrogens is 372 g/mol. The topological polar surface area (TPSA) is 50.7 Å². The third kappa shape index (κ3) is 3.93. The number of hydrogen-bond donors (Lipinski definition) is 1. The molecule has 0 heterocycles. The first-order chi connectivity index (χ1) is 13.6. The molecule has 4 rings (SSSR count). The summed E-state index contributed by atoms with van der Waals surface area (Å²) >= 11 is 6.16. The molecule has 2 aromatic rings. The van der Waals surface area contributed by atoms with Crippen molar-refractivity contribution in [2.24, 2.45) is 22.4 Å². The van der Waals surface area contributed by atoms with Gasteiger partial charge < -0.3 is 4.74 Å². The van der Waals surface area contributed by atoms with E-state index in [2.05, 4.69) is 17.5 Å². The molecule has 2 saturated carbocycles. The minimum Gasteiger partial charge on any atom is -0.489 e. The molecular formula is C23H25ClN2O2. The number of halogens is 1. The van der Waals surface area contributed by atoms with Crippen LogP contribution >= 0.6 is 11.6 Å². The van der Waals surface area contributed by atoms with Gasteiger partial charge in [-0.1, -0.05) is 61.7 Å². The predicted octanol–water partition coefficient (Wildman–Crippen LogP) is 5.20. The lowest BCUT2D eigenvalue weighted by Gasteiger charge is -2.15. The second-order valence-electron chi connectivity index (χ2n) is 8.02. The Morgan fingerprint density at radius 1 is 1.29 bits per heavy atom. The van der Waals surface area contributed by atoms with Gasteiger partial charge in [0, 0.05) is 16.5 Å². The highest BCUT2D eigenvalue weighted by Gasteiger charge is 2.64. The van der Waals surface area contributed by atoms with Gasteiger partial charge in [-0.05, 0) is 47.9 Å². The van der Waals surface area contributed by atoms with E-state index in [1.165, 1.54) is 19.3 Å². The first kappa shape index (κ1) is 19.0. The summed E-state index contributed by atoms with van der Waals surface area (Å²) in [6, 6.07) is 15.2. The van der Waals surface area contributed by atoms with Gasteiger partial charge in [0.25, 0.3) is 0 Å². The van der Waals surface area contributed by atoms with Crippen molar-refractivity contribution in [1.82, 2.24) is 5.43 Å². The number of nitrogens with one attached hydrogen (secondary N) is 1. The number of carbonyl (C=O) groups excluding carboxylic acids is 1. The van der Waals surface area contributed by atoms with Crippen molar-refractivity contribution in [3.05, 3.63) is 64.7 Å². The first-order valence-electron chi connectivity index (χ1n) is 9.87. The minimum atomic E-state index is 0.0526. The number of fused-ring (bicyclic) bond motifs is 1. The highest BCUT2D eigenvalue weighted by Crippen LogP contribution is 2.66. The van der Waals surface area contributed by atoms with Gasteiger partial charge in [-0.2, -0.15) is 5.10 Å². The molecule has 2 aliphatic rings. The Bertz CT molecular complexity index is 898. The van der Waals surface area contributed by atoms with Crippen LogP contribution in [0.25, 0.3) is 0 Å². The maximum Gasteiger partial charge on any atom is 0.244 e. The molecule has 0 saturated heterocycles. The minimum absolute atomic E-state index is 0.0526. The van der Waals surface area contributed by atoms with Crippen LogP contribution < -0.4 is 10.2 Å². The molecule has 1 amide bonds. The predicted molar refractivity (Wildman–Crippen MR) is 112 cm³/mol. The number of benzene rings is 2. The molecule has 0 aliphatic heterocycles. The van der Waals surface area contributed by atoms with Gasteiger partial charge in [0.05, 0.1) is 6.21 Å². The number of nitrogens with zero attached hydrogens (tertiary/aromatic N) is 1. The third-order valence-electron chi connectivity index (χ3n) is 6.21. The Balaban J connectivity index is 1.32. The molecule has 0 aromatic heterocycles. The van der Waals surface area contributed by atoms with Crippen LogP contribution in [0.4, 0.5) is 0 Å². The summed E-state index contributed by atoms with van der Waals surface area (Å²) < 4.78 is 5.83. The SMILES string of the molecule is C[C@]12CCCC[C@H]1[C@@H]2C(=O)N/N=C\c1cccc(OCc2ccccc2Cl)c1. The summed E-state index contributed by atoms with van der Waals surface area (Å²) in [6.07, 6.45) is 6.47. The standard InChI is InChI=1S/C23H25ClN2O2/c1-23-12-5-4-10-19(23)21(23)22(27)26-25-14-16-7-6-9-18(13-16)28-15-17-8-2-3-11-20(17)24/h2-3,6-9,11,13-14,19,21H,4-5,10,12,15H2,1H3,(H,26,27)/b25-14-/t19-,21+,23-/m0/s1. The number of ether oxygens (including phenoxy) is 1. The Hall–Kier alpha value is -2.33. The molecule has 0 radical (unpaired) electrons. The number of hydrogen-bond acceptors (Lipinski definition) is 3. The third-order valence-corrected chi connectivity index (χ3v) is 6.58. The van der Waals surface area contributed by atoms with Crippen LogP contribution in [0, 0.1) is 17.3 Å². The van der Waals surface area contributed by atoms with E-state index in [-0.39, 0.29) is 17.2 Å². The Labute approximate surface area is 170 Å². The molecule has 2 aliphatic carbocycles. The van der Waals surface area contributed by atoms with Crippen molar-refractivity contribution in [2.75, 3.05) is 0 Å². The molecule has 146 valence electrons. The van der Waals surface area contributed by atoms with Crippen molar-refractivity contribution in [3.63, 3.8) is 0 Å². The van der Waals surface area contributed by atoms with Gasteiger partial charge in [0.15, 0.2) is 0 Å². The number of amides is 1. The van der Waals surface area contributed by atoms with Crippen molar-refractivity contribution >= 4 is 23.7 Å². The molecule has 0 bridgehead atoms. The quantitative estimate of drug-likeness (QED) is 0.539. The highest BCUT2D eigenvalue weighted by atomic mass is 35.5. The smallest absolute Gasteiger partial charge is 0.244 e. The van der Waals surface area contributed by atoms with Gasteiger partial charge in [0.2, 0.25) is 5.91 Å². The van der Waals surface area contributed by atoms with Gasteiger partial charge in [-0.15, -0.1) is 0 Å². The highest BCUT2D eigenvalue weighted by molar-refractivity contribution is 6.31. The molecule has 4 nitrogen and oxygen atoms in total. The lowest BCUT2D eigenvalue weighted by Crippen LogP contribution is -2.22. The summed E-state index contributed by atoms with van der Waals surface area (Å²) in [7, 11) is 0. The van der Waals surface area contributed by atoms with Crippen LogP contribution in [0.3, 0.4) is 0 Å². The second kappa shape index (κ2) is 7.96. The molecule has 0 unspecified atom stereocenters. The largest absolute Gasteiger partial charge is 0.489 e. The van der Waals surface area contributed by atoms with Gasteiger partial charge in [-0.3, -0.25) is 4.79 Å². The fraction of sp³-hybridized carbons (Fsp3) is 0.391. The van der Waals surface area contributed by atoms with Gasteiger partial charge in [0.1, 0.15) is 12.4 Å². The van der Waals surface area contributed by atoms with Crippen molar-refractivity contribution < 1.29 is 9.53 Å². The van der Waals surface area contributed by atoms with Crippen LogP contribution in [0.1, 0.15) is 43.7 Å². The van der Waals surface area contributed by atoms with Crippen LogP contribution in [0.5, 0.6) is 5.75 Å². The van der Waals surface area contributed by atoms with E-state index in [1.807, 2.05) is 48.5 Å². The van der Waals surface area contributed by atoms with Crippen LogP contribution in [0.15, 0.2) is 53.6 Å². The maximum absolute atomic E-state index is 12.5. The summed E-state index contributed by atoms with van der Waals surface area (Å²) in [5.41, 5.74) is 4.74.